The first-order valence-corrected chi connectivity index (χ1v) is 5.90. The first-order valence-electron chi connectivity index (χ1n) is 5.90. The number of carbonyl (C=O) groups is 3. The lowest BCUT2D eigenvalue weighted by Crippen LogP contribution is -2.48. The number of carboxylic acids is 1. The van der Waals surface area contributed by atoms with Crippen LogP contribution in [0.15, 0.2) is 24.3 Å². The van der Waals surface area contributed by atoms with E-state index in [4.69, 9.17) is 5.11 Å². The van der Waals surface area contributed by atoms with Crippen LogP contribution in [0, 0.1) is 0 Å². The number of hydrogen-bond donors (Lipinski definition) is 1. The molecular weight excluding hydrogens is 248 g/mol. The number of fused-ring (bicyclic) bond motifs is 1. The van der Waals surface area contributed by atoms with Gasteiger partial charge in [-0.1, -0.05) is 12.1 Å². The highest BCUT2D eigenvalue weighted by molar-refractivity contribution is 6.10. The van der Waals surface area contributed by atoms with Gasteiger partial charge in [0.05, 0.1) is 17.8 Å². The molecule has 19 heavy (non-hydrogen) atoms. The van der Waals surface area contributed by atoms with E-state index >= 15 is 0 Å². The quantitative estimate of drug-likeness (QED) is 0.876. The van der Waals surface area contributed by atoms with Crippen LogP contribution in [0.4, 0.5) is 11.4 Å². The monoisotopic (exact) mass is 262 g/mol. The predicted molar refractivity (Wildman–Crippen MR) is 69.1 cm³/mol. The van der Waals surface area contributed by atoms with E-state index < -0.39 is 5.97 Å². The lowest BCUT2D eigenvalue weighted by molar-refractivity contribution is -0.136. The molecule has 1 heterocycles. The van der Waals surface area contributed by atoms with Crippen molar-refractivity contribution in [3.63, 3.8) is 0 Å². The SMILES string of the molecule is CC(=O)N1CC(=O)N(CCC(=O)O)c2ccccc21. The van der Waals surface area contributed by atoms with E-state index in [1.54, 1.807) is 24.3 Å². The minimum atomic E-state index is -0.959. The van der Waals surface area contributed by atoms with Crippen molar-refractivity contribution in [1.29, 1.82) is 0 Å². The van der Waals surface area contributed by atoms with Crippen molar-refractivity contribution in [3.8, 4) is 0 Å². The molecule has 0 saturated heterocycles. The van der Waals surface area contributed by atoms with Gasteiger partial charge in [0, 0.05) is 13.5 Å². The topological polar surface area (TPSA) is 77.9 Å². The van der Waals surface area contributed by atoms with E-state index in [-0.39, 0.29) is 31.3 Å². The summed E-state index contributed by atoms with van der Waals surface area (Å²) in [4.78, 5) is 37.0. The normalized spacial score (nSPS) is 14.3. The summed E-state index contributed by atoms with van der Waals surface area (Å²) in [5.41, 5.74) is 1.22. The van der Waals surface area contributed by atoms with Gasteiger partial charge in [0.2, 0.25) is 11.8 Å². The summed E-state index contributed by atoms with van der Waals surface area (Å²) in [5, 5.41) is 8.72. The highest BCUT2D eigenvalue weighted by atomic mass is 16.4. The van der Waals surface area contributed by atoms with Crippen molar-refractivity contribution < 1.29 is 19.5 Å². The van der Waals surface area contributed by atoms with Gasteiger partial charge in [-0.2, -0.15) is 0 Å². The molecule has 6 heteroatoms. The van der Waals surface area contributed by atoms with Crippen molar-refractivity contribution in [2.24, 2.45) is 0 Å². The molecule has 0 saturated carbocycles. The number of amides is 2. The molecule has 2 rings (SSSR count). The fraction of sp³-hybridized carbons (Fsp3) is 0.308. The van der Waals surface area contributed by atoms with Crippen molar-refractivity contribution in [2.75, 3.05) is 22.9 Å². The van der Waals surface area contributed by atoms with E-state index in [2.05, 4.69) is 0 Å². The molecule has 1 aliphatic rings. The van der Waals surface area contributed by atoms with Gasteiger partial charge in [0.25, 0.3) is 0 Å². The summed E-state index contributed by atoms with van der Waals surface area (Å²) in [6.07, 6.45) is -0.125. The number of para-hydroxylation sites is 2. The van der Waals surface area contributed by atoms with Crippen LogP contribution in [-0.2, 0) is 14.4 Å². The smallest absolute Gasteiger partial charge is 0.305 e. The first-order chi connectivity index (χ1) is 9.00. The first kappa shape index (κ1) is 13.1. The van der Waals surface area contributed by atoms with Gasteiger partial charge < -0.3 is 14.9 Å². The number of carboxylic acid groups (broad SMARTS) is 1. The van der Waals surface area contributed by atoms with Crippen LogP contribution in [0.1, 0.15) is 13.3 Å². The van der Waals surface area contributed by atoms with E-state index in [0.29, 0.717) is 11.4 Å². The van der Waals surface area contributed by atoms with Gasteiger partial charge >= 0.3 is 5.97 Å². The molecule has 0 spiro atoms. The van der Waals surface area contributed by atoms with Crippen molar-refractivity contribution >= 4 is 29.2 Å². The maximum atomic E-state index is 12.0. The molecule has 0 radical (unpaired) electrons. The molecular formula is C13H14N2O4. The van der Waals surface area contributed by atoms with E-state index in [1.165, 1.54) is 16.7 Å². The Morgan fingerprint density at radius 1 is 1.26 bits per heavy atom. The second-order valence-corrected chi connectivity index (χ2v) is 4.28. The predicted octanol–water partition coefficient (Wildman–Crippen LogP) is 0.861. The third kappa shape index (κ3) is 2.57. The van der Waals surface area contributed by atoms with Crippen LogP contribution < -0.4 is 9.80 Å². The summed E-state index contributed by atoms with van der Waals surface area (Å²) in [7, 11) is 0. The van der Waals surface area contributed by atoms with Gasteiger partial charge in [0.15, 0.2) is 0 Å². The number of rotatable bonds is 3. The minimum Gasteiger partial charge on any atom is -0.481 e. The maximum Gasteiger partial charge on any atom is 0.305 e. The summed E-state index contributed by atoms with van der Waals surface area (Å²) in [6.45, 7) is 1.46. The van der Waals surface area contributed by atoms with Crippen molar-refractivity contribution in [2.45, 2.75) is 13.3 Å². The molecule has 0 unspecified atom stereocenters. The zero-order valence-corrected chi connectivity index (χ0v) is 10.5. The molecule has 100 valence electrons. The van der Waals surface area contributed by atoms with Gasteiger partial charge in [-0.05, 0) is 12.1 Å². The van der Waals surface area contributed by atoms with E-state index in [9.17, 15) is 14.4 Å². The average Bonchev–Trinajstić information content (AvgIpc) is 2.36. The Labute approximate surface area is 110 Å². The molecule has 0 aromatic heterocycles. The second kappa shape index (κ2) is 5.09. The van der Waals surface area contributed by atoms with Crippen LogP contribution >= 0.6 is 0 Å². The zero-order valence-electron chi connectivity index (χ0n) is 10.5. The van der Waals surface area contributed by atoms with Crippen LogP contribution in [0.2, 0.25) is 0 Å². The molecule has 1 N–H and O–H groups in total. The molecule has 1 aromatic carbocycles. The number of hydrogen-bond acceptors (Lipinski definition) is 3. The van der Waals surface area contributed by atoms with Crippen LogP contribution in [0.5, 0.6) is 0 Å². The lowest BCUT2D eigenvalue weighted by Gasteiger charge is -2.35. The number of anilines is 2. The number of benzene rings is 1. The molecule has 0 fully saturated rings. The third-order valence-corrected chi connectivity index (χ3v) is 2.99. The second-order valence-electron chi connectivity index (χ2n) is 4.28. The van der Waals surface area contributed by atoms with Crippen LogP contribution in [0.3, 0.4) is 0 Å². The summed E-state index contributed by atoms with van der Waals surface area (Å²) >= 11 is 0. The Kier molecular flexibility index (Phi) is 3.50. The molecule has 6 nitrogen and oxygen atoms in total. The zero-order chi connectivity index (χ0) is 14.0. The molecule has 0 bridgehead atoms. The third-order valence-electron chi connectivity index (χ3n) is 2.99. The minimum absolute atomic E-state index is 0.0496. The van der Waals surface area contributed by atoms with Crippen molar-refractivity contribution in [3.05, 3.63) is 24.3 Å². The van der Waals surface area contributed by atoms with Gasteiger partial charge in [0.1, 0.15) is 6.54 Å². The van der Waals surface area contributed by atoms with Crippen LogP contribution in [0.25, 0.3) is 0 Å². The molecule has 2 amide bonds. The highest BCUT2D eigenvalue weighted by Gasteiger charge is 2.30. The molecule has 0 aliphatic carbocycles. The Hall–Kier alpha value is -2.37. The highest BCUT2D eigenvalue weighted by Crippen LogP contribution is 2.33. The summed E-state index contributed by atoms with van der Waals surface area (Å²) in [5.74, 6) is -1.44. The van der Waals surface area contributed by atoms with Gasteiger partial charge in [-0.25, -0.2) is 0 Å². The fourth-order valence-corrected chi connectivity index (χ4v) is 2.09. The molecule has 1 aliphatic heterocycles. The molecule has 0 atom stereocenters. The standard InChI is InChI=1S/C13H14N2O4/c1-9(16)15-8-12(17)14(7-6-13(18)19)10-4-2-3-5-11(10)15/h2-5H,6-8H2,1H3,(H,18,19). The number of nitrogens with zero attached hydrogens (tertiary/aromatic N) is 2. The summed E-state index contributed by atoms with van der Waals surface area (Å²) in [6, 6.07) is 6.99. The summed E-state index contributed by atoms with van der Waals surface area (Å²) < 4.78 is 0. The van der Waals surface area contributed by atoms with Crippen LogP contribution in [-0.4, -0.2) is 36.0 Å². The number of aliphatic carboxylic acids is 1. The van der Waals surface area contributed by atoms with E-state index in [1.807, 2.05) is 0 Å². The number of carbonyl (C=O) groups excluding carboxylic acids is 2. The van der Waals surface area contributed by atoms with Gasteiger partial charge in [-0.3, -0.25) is 14.4 Å². The van der Waals surface area contributed by atoms with Crippen molar-refractivity contribution in [1.82, 2.24) is 0 Å². The average molecular weight is 262 g/mol. The Morgan fingerprint density at radius 2 is 1.89 bits per heavy atom. The Bertz CT molecular complexity index is 541. The van der Waals surface area contributed by atoms with Gasteiger partial charge in [-0.15, -0.1) is 0 Å². The maximum absolute atomic E-state index is 12.0. The Balaban J connectivity index is 2.36. The molecule has 1 aromatic rings. The van der Waals surface area contributed by atoms with E-state index in [0.717, 1.165) is 0 Å². The fourth-order valence-electron chi connectivity index (χ4n) is 2.09. The lowest BCUT2D eigenvalue weighted by atomic mass is 10.1. The Morgan fingerprint density at radius 3 is 2.47 bits per heavy atom. The largest absolute Gasteiger partial charge is 0.481 e.